The number of carbonyl (C=O) groups excluding carboxylic acids is 4. The molecule has 3 fully saturated rings. The molecular formula is C27H40O6. The predicted octanol–water partition coefficient (Wildman–Crippen LogP) is 3.61. The minimum atomic E-state index is -1.66. The van der Waals surface area contributed by atoms with E-state index in [2.05, 4.69) is 0 Å². The summed E-state index contributed by atoms with van der Waals surface area (Å²) in [6.07, 6.45) is 3.43. The maximum atomic E-state index is 14.2. The third kappa shape index (κ3) is 3.87. The molecule has 184 valence electrons. The van der Waals surface area contributed by atoms with Crippen molar-refractivity contribution in [3.05, 3.63) is 11.6 Å². The number of aliphatic hydroxyl groups is 2. The van der Waals surface area contributed by atoms with E-state index in [-0.39, 0.29) is 25.2 Å². The fourth-order valence-corrected chi connectivity index (χ4v) is 6.74. The first-order valence-corrected chi connectivity index (χ1v) is 12.3. The van der Waals surface area contributed by atoms with Gasteiger partial charge in [-0.25, -0.2) is 0 Å². The van der Waals surface area contributed by atoms with Gasteiger partial charge >= 0.3 is 0 Å². The maximum absolute atomic E-state index is 14.2. The lowest BCUT2D eigenvalue weighted by Crippen LogP contribution is -2.67. The Morgan fingerprint density at radius 3 is 2.21 bits per heavy atom. The van der Waals surface area contributed by atoms with E-state index < -0.39 is 62.9 Å². The van der Waals surface area contributed by atoms with Crippen LogP contribution in [0.4, 0.5) is 0 Å². The minimum absolute atomic E-state index is 0.0699. The highest BCUT2D eigenvalue weighted by molar-refractivity contribution is 6.35. The molecule has 0 aromatic carbocycles. The number of Topliss-reactive ketones (excluding diaryl/α,β-unsaturated/α-hetero) is 4. The van der Waals surface area contributed by atoms with E-state index in [9.17, 15) is 29.4 Å². The Kier molecular flexibility index (Phi) is 6.47. The molecule has 0 bridgehead atoms. The molecule has 0 amide bonds. The van der Waals surface area contributed by atoms with Crippen LogP contribution in [0.15, 0.2) is 11.6 Å². The van der Waals surface area contributed by atoms with E-state index in [1.807, 2.05) is 20.8 Å². The summed E-state index contributed by atoms with van der Waals surface area (Å²) in [5, 5.41) is 22.6. The van der Waals surface area contributed by atoms with Gasteiger partial charge < -0.3 is 10.2 Å². The van der Waals surface area contributed by atoms with Crippen LogP contribution in [0.1, 0.15) is 87.0 Å². The molecule has 0 aliphatic heterocycles. The summed E-state index contributed by atoms with van der Waals surface area (Å²) in [6, 6.07) is 0. The molecule has 0 saturated heterocycles. The Balaban J connectivity index is 2.21. The molecule has 3 saturated carbocycles. The molecule has 1 spiro atoms. The molecular weight excluding hydrogens is 420 g/mol. The van der Waals surface area contributed by atoms with Crippen LogP contribution in [-0.4, -0.2) is 44.5 Å². The van der Waals surface area contributed by atoms with E-state index >= 15 is 0 Å². The molecule has 0 aromatic rings. The van der Waals surface area contributed by atoms with Crippen molar-refractivity contribution in [3.63, 3.8) is 0 Å². The lowest BCUT2D eigenvalue weighted by Gasteiger charge is -2.55. The summed E-state index contributed by atoms with van der Waals surface area (Å²) >= 11 is 0. The second kappa shape index (κ2) is 8.23. The molecule has 6 heteroatoms. The molecule has 6 nitrogen and oxygen atoms in total. The second-order valence-electron chi connectivity index (χ2n) is 11.9. The first kappa shape index (κ1) is 26.0. The number of allylic oxidation sites excluding steroid dienone is 2. The number of rotatable bonds is 5. The molecule has 33 heavy (non-hydrogen) atoms. The van der Waals surface area contributed by atoms with E-state index in [0.29, 0.717) is 19.3 Å². The highest BCUT2D eigenvalue weighted by Crippen LogP contribution is 2.61. The van der Waals surface area contributed by atoms with Crippen molar-refractivity contribution in [2.75, 3.05) is 0 Å². The summed E-state index contributed by atoms with van der Waals surface area (Å²) in [4.78, 5) is 55.2. The minimum Gasteiger partial charge on any atom is -0.390 e. The monoisotopic (exact) mass is 460 g/mol. The number of hydrogen-bond acceptors (Lipinski definition) is 6. The van der Waals surface area contributed by atoms with Gasteiger partial charge in [0.05, 0.1) is 22.0 Å². The van der Waals surface area contributed by atoms with Crippen molar-refractivity contribution >= 4 is 23.1 Å². The Labute approximate surface area is 197 Å². The zero-order chi connectivity index (χ0) is 25.1. The first-order valence-electron chi connectivity index (χ1n) is 12.3. The van der Waals surface area contributed by atoms with E-state index in [1.54, 1.807) is 33.8 Å². The normalized spacial score (nSPS) is 44.0. The summed E-state index contributed by atoms with van der Waals surface area (Å²) < 4.78 is 0. The highest BCUT2D eigenvalue weighted by atomic mass is 16.3. The molecule has 2 N–H and O–H groups in total. The molecule has 2 unspecified atom stereocenters. The van der Waals surface area contributed by atoms with Gasteiger partial charge in [-0.3, -0.25) is 19.2 Å². The van der Waals surface area contributed by atoms with Crippen LogP contribution in [0, 0.1) is 34.5 Å². The fourth-order valence-electron chi connectivity index (χ4n) is 6.74. The van der Waals surface area contributed by atoms with E-state index in [0.717, 1.165) is 5.57 Å². The summed E-state index contributed by atoms with van der Waals surface area (Å²) in [5.41, 5.74) is -4.76. The maximum Gasteiger partial charge on any atom is 0.164 e. The van der Waals surface area contributed by atoms with Crippen molar-refractivity contribution in [3.8, 4) is 0 Å². The zero-order valence-electron chi connectivity index (χ0n) is 21.2. The summed E-state index contributed by atoms with van der Waals surface area (Å²) in [5.74, 6) is -4.94. The van der Waals surface area contributed by atoms with Crippen LogP contribution < -0.4 is 0 Å². The Hall–Kier alpha value is -1.66. The molecule has 0 heterocycles. The van der Waals surface area contributed by atoms with Crippen LogP contribution in [0.2, 0.25) is 0 Å². The third-order valence-electron chi connectivity index (χ3n) is 9.05. The molecule has 3 rings (SSSR count). The Morgan fingerprint density at radius 1 is 1.06 bits per heavy atom. The average Bonchev–Trinajstić information content (AvgIpc) is 3.04. The molecule has 0 radical (unpaired) electrons. The topological polar surface area (TPSA) is 109 Å². The average molecular weight is 461 g/mol. The van der Waals surface area contributed by atoms with Crippen LogP contribution in [0.3, 0.4) is 0 Å². The van der Waals surface area contributed by atoms with Crippen molar-refractivity contribution in [2.24, 2.45) is 34.5 Å². The summed E-state index contributed by atoms with van der Waals surface area (Å²) in [7, 11) is 0. The second-order valence-corrected chi connectivity index (χ2v) is 11.9. The zero-order valence-corrected chi connectivity index (χ0v) is 21.2. The third-order valence-corrected chi connectivity index (χ3v) is 9.05. The molecule has 0 aromatic heterocycles. The van der Waals surface area contributed by atoms with Gasteiger partial charge in [-0.2, -0.15) is 0 Å². The van der Waals surface area contributed by atoms with Crippen molar-refractivity contribution in [2.45, 2.75) is 98.2 Å². The SMILES string of the molecule is CCC(C)C(=O)C1C(=O)[C@@](C)(CC=C(C)C)C(=O)[C@@]2(C[C@H]3[C@H](CC[C@@]3(C)O)[C@](C)(O)C2)C1=O. The number of hydrogen-bond donors (Lipinski definition) is 2. The fraction of sp³-hybridized carbons (Fsp3) is 0.778. The Bertz CT molecular complexity index is 908. The van der Waals surface area contributed by atoms with E-state index in [4.69, 9.17) is 0 Å². The van der Waals surface area contributed by atoms with Crippen LogP contribution >= 0.6 is 0 Å². The molecule has 3 aliphatic rings. The largest absolute Gasteiger partial charge is 0.390 e. The van der Waals surface area contributed by atoms with Crippen molar-refractivity contribution < 1.29 is 29.4 Å². The lowest BCUT2D eigenvalue weighted by molar-refractivity contribution is -0.182. The van der Waals surface area contributed by atoms with E-state index in [1.165, 1.54) is 0 Å². The number of carbonyl (C=O) groups is 4. The number of ketones is 4. The smallest absolute Gasteiger partial charge is 0.164 e. The predicted molar refractivity (Wildman–Crippen MR) is 124 cm³/mol. The van der Waals surface area contributed by atoms with Crippen LogP contribution in [0.25, 0.3) is 0 Å². The van der Waals surface area contributed by atoms with Gasteiger partial charge in [0, 0.05) is 5.92 Å². The van der Waals surface area contributed by atoms with Gasteiger partial charge in [-0.1, -0.05) is 25.5 Å². The quantitative estimate of drug-likeness (QED) is 0.479. The first-order chi connectivity index (χ1) is 15.0. The van der Waals surface area contributed by atoms with Crippen molar-refractivity contribution in [1.29, 1.82) is 0 Å². The van der Waals surface area contributed by atoms with Crippen LogP contribution in [0.5, 0.6) is 0 Å². The lowest BCUT2D eigenvalue weighted by atomic mass is 9.46. The highest BCUT2D eigenvalue weighted by Gasteiger charge is 2.71. The van der Waals surface area contributed by atoms with Gasteiger partial charge in [0.15, 0.2) is 23.1 Å². The number of fused-ring (bicyclic) bond motifs is 1. The Morgan fingerprint density at radius 2 is 1.67 bits per heavy atom. The van der Waals surface area contributed by atoms with Gasteiger partial charge in [-0.05, 0) is 85.0 Å². The van der Waals surface area contributed by atoms with Gasteiger partial charge in [0.2, 0.25) is 0 Å². The van der Waals surface area contributed by atoms with Gasteiger partial charge in [0.25, 0.3) is 0 Å². The molecule has 8 atom stereocenters. The van der Waals surface area contributed by atoms with Gasteiger partial charge in [-0.15, -0.1) is 0 Å². The van der Waals surface area contributed by atoms with Crippen molar-refractivity contribution in [1.82, 2.24) is 0 Å². The standard InChI is InChI=1S/C27H40O6/c1-8-16(4)20(28)19-21(29)24(5,11-9-15(2)3)23(31)27(22(19)30)13-18-17(26(7,33)14-27)10-12-25(18,6)32/h9,16-19,32-33H,8,10-14H2,1-7H3/t16?,17-,18-,19?,24+,25+,26+,27+/m0/s1. The summed E-state index contributed by atoms with van der Waals surface area (Å²) in [6.45, 7) is 12.1. The molecule has 3 aliphatic carbocycles. The van der Waals surface area contributed by atoms with Gasteiger partial charge in [0.1, 0.15) is 5.92 Å². The van der Waals surface area contributed by atoms with Crippen LogP contribution in [-0.2, 0) is 19.2 Å².